The predicted molar refractivity (Wildman–Crippen MR) is 215 cm³/mol. The summed E-state index contributed by atoms with van der Waals surface area (Å²) in [6.07, 6.45) is 0. The maximum absolute atomic E-state index is 7.88. The van der Waals surface area contributed by atoms with Gasteiger partial charge in [-0.25, -0.2) is 0 Å². The van der Waals surface area contributed by atoms with E-state index in [0.717, 1.165) is 5.75 Å². The quantitative estimate of drug-likeness (QED) is 0.147. The molecule has 3 heteroatoms. The highest BCUT2D eigenvalue weighted by atomic mass is 28.4. The van der Waals surface area contributed by atoms with Crippen molar-refractivity contribution in [3.05, 3.63) is 198 Å². The molecule has 0 N–H and O–H groups in total. The molecule has 1 aliphatic heterocycles. The first-order valence-corrected chi connectivity index (χ1v) is 22.2. The molecule has 0 aromatic heterocycles. The van der Waals surface area contributed by atoms with Gasteiger partial charge >= 0.3 is 8.32 Å². The van der Waals surface area contributed by atoms with Crippen LogP contribution in [0.4, 0.5) is 0 Å². The molecule has 0 spiro atoms. The minimum absolute atomic E-state index is 0.239. The largest absolute Gasteiger partial charge is 0.530 e. The molecule has 0 unspecified atom stereocenters. The summed E-state index contributed by atoms with van der Waals surface area (Å²) in [7, 11) is -5.05. The lowest BCUT2D eigenvalue weighted by atomic mass is 9.89. The van der Waals surface area contributed by atoms with Gasteiger partial charge in [-0.1, -0.05) is 203 Å². The Morgan fingerprint density at radius 1 is 0.429 bits per heavy atom. The SMILES string of the molecule is CC(C)(C)[Si](C)(C)c1ccc(O[Si]2(c3ccccc3)C(c3ccccc3)=C(c3ccccc3)C(c3ccccc3)=C2c2ccccc2)cc1. The second-order valence-corrected chi connectivity index (χ2v) is 23.0. The highest BCUT2D eigenvalue weighted by Crippen LogP contribution is 2.55. The summed E-state index contributed by atoms with van der Waals surface area (Å²) in [6.45, 7) is 12.1. The normalized spacial score (nSPS) is 14.6. The van der Waals surface area contributed by atoms with E-state index in [2.05, 4.69) is 210 Å². The first kappa shape index (κ1) is 32.6. The van der Waals surface area contributed by atoms with E-state index in [4.69, 9.17) is 4.43 Å². The monoisotopic (exact) mass is 668 g/mol. The topological polar surface area (TPSA) is 9.23 Å². The van der Waals surface area contributed by atoms with Crippen molar-refractivity contribution in [3.63, 3.8) is 0 Å². The summed E-state index contributed by atoms with van der Waals surface area (Å²) >= 11 is 0. The third kappa shape index (κ3) is 5.88. The average Bonchev–Trinajstić information content (AvgIpc) is 3.44. The smallest absolute Gasteiger partial charge is 0.349 e. The van der Waals surface area contributed by atoms with Gasteiger partial charge in [0.15, 0.2) is 0 Å². The second kappa shape index (κ2) is 13.2. The van der Waals surface area contributed by atoms with Crippen LogP contribution in [-0.4, -0.2) is 16.4 Å². The van der Waals surface area contributed by atoms with Gasteiger partial charge < -0.3 is 4.43 Å². The molecule has 0 atom stereocenters. The highest BCUT2D eigenvalue weighted by molar-refractivity contribution is 7.18. The van der Waals surface area contributed by atoms with E-state index in [0.29, 0.717) is 0 Å². The molecule has 6 aromatic carbocycles. The minimum atomic E-state index is -3.31. The zero-order valence-corrected chi connectivity index (χ0v) is 31.2. The number of hydrogen-bond acceptors (Lipinski definition) is 1. The summed E-state index contributed by atoms with van der Waals surface area (Å²) < 4.78 is 7.88. The Balaban J connectivity index is 1.62. The van der Waals surface area contributed by atoms with Crippen molar-refractivity contribution in [3.8, 4) is 5.75 Å². The Morgan fingerprint density at radius 2 is 0.776 bits per heavy atom. The summed E-state index contributed by atoms with van der Waals surface area (Å²) in [5, 5.41) is 5.46. The summed E-state index contributed by atoms with van der Waals surface area (Å²) in [5.41, 5.74) is 7.24. The zero-order chi connectivity index (χ0) is 34.1. The predicted octanol–water partition coefficient (Wildman–Crippen LogP) is 10.9. The molecule has 1 heterocycles. The third-order valence-corrected chi connectivity index (χ3v) is 20.3. The number of hydrogen-bond donors (Lipinski definition) is 0. The molecule has 1 nitrogen and oxygen atoms in total. The van der Waals surface area contributed by atoms with Crippen LogP contribution in [0.25, 0.3) is 21.5 Å². The maximum atomic E-state index is 7.88. The lowest BCUT2D eigenvalue weighted by Crippen LogP contribution is -2.55. The van der Waals surface area contributed by atoms with E-state index in [-0.39, 0.29) is 5.04 Å². The van der Waals surface area contributed by atoms with Crippen molar-refractivity contribution >= 4 is 48.3 Å². The van der Waals surface area contributed by atoms with Gasteiger partial charge in [-0.15, -0.1) is 0 Å². The van der Waals surface area contributed by atoms with E-state index < -0.39 is 16.4 Å². The molecule has 49 heavy (non-hydrogen) atoms. The average molecular weight is 669 g/mol. The fourth-order valence-electron chi connectivity index (χ4n) is 7.09. The first-order valence-electron chi connectivity index (χ1n) is 17.3. The Labute approximate surface area is 294 Å². The molecule has 0 bridgehead atoms. The molecule has 6 aromatic rings. The van der Waals surface area contributed by atoms with Crippen molar-refractivity contribution in [2.24, 2.45) is 0 Å². The molecule has 1 aliphatic rings. The van der Waals surface area contributed by atoms with Crippen LogP contribution in [0.15, 0.2) is 176 Å². The number of benzene rings is 6. The molecular formula is C46H44OSi2. The van der Waals surface area contributed by atoms with Crippen LogP contribution in [-0.2, 0) is 0 Å². The Bertz CT molecular complexity index is 1990. The van der Waals surface area contributed by atoms with Crippen molar-refractivity contribution in [2.45, 2.75) is 38.9 Å². The molecule has 0 saturated heterocycles. The van der Waals surface area contributed by atoms with Gasteiger partial charge in [-0.2, -0.15) is 0 Å². The van der Waals surface area contributed by atoms with Gasteiger partial charge in [0.2, 0.25) is 0 Å². The summed E-state index contributed by atoms with van der Waals surface area (Å²) in [5.74, 6) is 0.904. The standard InChI is InChI=1S/C46H44OSi2/c1-46(2,3)48(4,5)40-33-31-39(32-34-40)47-49(41-29-19-10-20-30-41)44(37-25-15-8-16-26-37)42(35-21-11-6-12-22-35)43(36-23-13-7-14-24-36)45(49)38-27-17-9-18-28-38/h6-34H,1-5H3. The van der Waals surface area contributed by atoms with E-state index in [1.807, 2.05) is 0 Å². The highest BCUT2D eigenvalue weighted by Gasteiger charge is 2.56. The van der Waals surface area contributed by atoms with Crippen LogP contribution >= 0.6 is 0 Å². The van der Waals surface area contributed by atoms with Gasteiger partial charge in [0, 0.05) is 10.4 Å². The van der Waals surface area contributed by atoms with E-state index in [1.165, 1.54) is 54.2 Å². The Morgan fingerprint density at radius 3 is 1.14 bits per heavy atom. The lowest BCUT2D eigenvalue weighted by Gasteiger charge is -2.38. The van der Waals surface area contributed by atoms with Crippen LogP contribution in [0.5, 0.6) is 5.75 Å². The van der Waals surface area contributed by atoms with Crippen molar-refractivity contribution < 1.29 is 4.43 Å². The van der Waals surface area contributed by atoms with Gasteiger partial charge in [0.1, 0.15) is 5.75 Å². The Kier molecular flexibility index (Phi) is 8.74. The molecule has 0 radical (unpaired) electrons. The molecular weight excluding hydrogens is 625 g/mol. The van der Waals surface area contributed by atoms with Gasteiger partial charge in [-0.3, -0.25) is 0 Å². The van der Waals surface area contributed by atoms with Gasteiger partial charge in [0.25, 0.3) is 0 Å². The lowest BCUT2D eigenvalue weighted by molar-refractivity contribution is 0.580. The molecule has 7 rings (SSSR count). The summed E-state index contributed by atoms with van der Waals surface area (Å²) in [4.78, 5) is 0. The van der Waals surface area contributed by atoms with Crippen molar-refractivity contribution in [2.75, 3.05) is 0 Å². The van der Waals surface area contributed by atoms with Crippen LogP contribution < -0.4 is 14.8 Å². The van der Waals surface area contributed by atoms with Crippen LogP contribution in [0.1, 0.15) is 43.0 Å². The number of allylic oxidation sites excluding steroid dienone is 2. The Hall–Kier alpha value is -4.97. The van der Waals surface area contributed by atoms with Crippen LogP contribution in [0, 0.1) is 0 Å². The molecule has 0 aliphatic carbocycles. The molecule has 242 valence electrons. The fourth-order valence-corrected chi connectivity index (χ4v) is 13.6. The minimum Gasteiger partial charge on any atom is -0.530 e. The molecule has 0 fully saturated rings. The third-order valence-electron chi connectivity index (χ3n) is 10.6. The van der Waals surface area contributed by atoms with E-state index >= 15 is 0 Å². The fraction of sp³-hybridized carbons (Fsp3) is 0.130. The van der Waals surface area contributed by atoms with Gasteiger partial charge in [0.05, 0.1) is 8.07 Å². The zero-order valence-electron chi connectivity index (χ0n) is 29.2. The van der Waals surface area contributed by atoms with Crippen molar-refractivity contribution in [1.82, 2.24) is 0 Å². The maximum Gasteiger partial charge on any atom is 0.349 e. The molecule has 0 amide bonds. The summed E-state index contributed by atoms with van der Waals surface area (Å²) in [6, 6.07) is 63.9. The van der Waals surface area contributed by atoms with Crippen molar-refractivity contribution in [1.29, 1.82) is 0 Å². The van der Waals surface area contributed by atoms with E-state index in [1.54, 1.807) is 0 Å². The number of rotatable bonds is 8. The van der Waals surface area contributed by atoms with Gasteiger partial charge in [-0.05, 0) is 55.8 Å². The molecule has 0 saturated carbocycles. The van der Waals surface area contributed by atoms with E-state index in [9.17, 15) is 0 Å². The van der Waals surface area contributed by atoms with Crippen LogP contribution in [0.2, 0.25) is 18.1 Å². The first-order chi connectivity index (χ1) is 23.7. The van der Waals surface area contributed by atoms with Crippen LogP contribution in [0.3, 0.4) is 0 Å². The second-order valence-electron chi connectivity index (χ2n) is 14.5.